The molecule has 0 spiro atoms. The van der Waals surface area contributed by atoms with Gasteiger partial charge in [0.25, 0.3) is 15.7 Å². The zero-order chi connectivity index (χ0) is 32.6. The topological polar surface area (TPSA) is 148 Å². The van der Waals surface area contributed by atoms with E-state index in [1.807, 2.05) is 0 Å². The molecule has 0 bridgehead atoms. The number of hydrogen-bond acceptors (Lipinski definition) is 8. The highest BCUT2D eigenvalue weighted by molar-refractivity contribution is 7.92. The smallest absolute Gasteiger partial charge is 0.273 e. The van der Waals surface area contributed by atoms with Crippen molar-refractivity contribution in [2.45, 2.75) is 57.6 Å². The Morgan fingerprint density at radius 2 is 1.52 bits per heavy atom. The minimum absolute atomic E-state index is 0.0132. The van der Waals surface area contributed by atoms with Crippen molar-refractivity contribution in [2.24, 2.45) is 0 Å². The average Bonchev–Trinajstić information content (AvgIpc) is 2.99. The van der Waals surface area contributed by atoms with Gasteiger partial charge in [-0.15, -0.1) is 0 Å². The van der Waals surface area contributed by atoms with Crippen molar-refractivity contribution in [3.8, 4) is 11.5 Å². The molecule has 236 valence electrons. The van der Waals surface area contributed by atoms with Crippen molar-refractivity contribution in [1.82, 2.24) is 10.2 Å². The first-order valence-electron chi connectivity index (χ1n) is 14.0. The first-order chi connectivity index (χ1) is 20.8. The van der Waals surface area contributed by atoms with Crippen LogP contribution in [0.1, 0.15) is 38.3 Å². The molecule has 0 radical (unpaired) electrons. The highest BCUT2D eigenvalue weighted by Gasteiger charge is 2.34. The number of rotatable bonds is 14. The number of nitrogens with zero attached hydrogens (tertiary/aromatic N) is 3. The largest absolute Gasteiger partial charge is 0.497 e. The molecular formula is C31H38N4O8S. The fourth-order valence-corrected chi connectivity index (χ4v) is 6.01. The molecular weight excluding hydrogens is 588 g/mol. The SMILES string of the molecule is CCC(C(=O)NC(C)C)N(Cc1ccc(OC)cc1)C(=O)CN(c1ccc(OC)cc1)S(=O)(=O)c1ccc(C)c([N+](=O)[O-])c1. The fourth-order valence-electron chi connectivity index (χ4n) is 4.58. The molecule has 44 heavy (non-hydrogen) atoms. The molecule has 1 atom stereocenters. The van der Waals surface area contributed by atoms with E-state index >= 15 is 0 Å². The Morgan fingerprint density at radius 1 is 0.955 bits per heavy atom. The van der Waals surface area contributed by atoms with Gasteiger partial charge in [-0.3, -0.25) is 24.0 Å². The number of nitro groups is 1. The molecule has 3 aromatic rings. The van der Waals surface area contributed by atoms with E-state index in [1.54, 1.807) is 57.2 Å². The van der Waals surface area contributed by atoms with Crippen LogP contribution in [0.3, 0.4) is 0 Å². The van der Waals surface area contributed by atoms with E-state index in [1.165, 1.54) is 50.3 Å². The molecule has 0 heterocycles. The second-order valence-corrected chi connectivity index (χ2v) is 12.2. The number of nitro benzene ring substituents is 1. The van der Waals surface area contributed by atoms with E-state index < -0.39 is 33.4 Å². The van der Waals surface area contributed by atoms with Crippen LogP contribution in [-0.4, -0.2) is 62.9 Å². The highest BCUT2D eigenvalue weighted by Crippen LogP contribution is 2.29. The van der Waals surface area contributed by atoms with Gasteiger partial charge >= 0.3 is 0 Å². The average molecular weight is 627 g/mol. The lowest BCUT2D eigenvalue weighted by Gasteiger charge is -2.33. The molecule has 0 aliphatic rings. The maximum Gasteiger partial charge on any atom is 0.273 e. The molecule has 3 rings (SSSR count). The molecule has 12 nitrogen and oxygen atoms in total. The summed E-state index contributed by atoms with van der Waals surface area (Å²) >= 11 is 0. The van der Waals surface area contributed by atoms with E-state index in [4.69, 9.17) is 9.47 Å². The van der Waals surface area contributed by atoms with E-state index in [9.17, 15) is 28.1 Å². The van der Waals surface area contributed by atoms with Crippen LogP contribution in [0.4, 0.5) is 11.4 Å². The van der Waals surface area contributed by atoms with Crippen LogP contribution in [-0.2, 0) is 26.2 Å². The summed E-state index contributed by atoms with van der Waals surface area (Å²) in [6.07, 6.45) is 0.264. The van der Waals surface area contributed by atoms with E-state index in [-0.39, 0.29) is 46.7 Å². The molecule has 0 aromatic heterocycles. The number of anilines is 1. The molecule has 0 aliphatic heterocycles. The number of aryl methyl sites for hydroxylation is 1. The van der Waals surface area contributed by atoms with Gasteiger partial charge in [0.15, 0.2) is 0 Å². The molecule has 13 heteroatoms. The first-order valence-corrected chi connectivity index (χ1v) is 15.4. The summed E-state index contributed by atoms with van der Waals surface area (Å²) in [5.41, 5.74) is 0.743. The number of ether oxygens (including phenoxy) is 2. The second kappa shape index (κ2) is 14.7. The summed E-state index contributed by atoms with van der Waals surface area (Å²) in [5.74, 6) is 0.0473. The van der Waals surface area contributed by atoms with Crippen molar-refractivity contribution >= 4 is 33.2 Å². The van der Waals surface area contributed by atoms with Crippen LogP contribution < -0.4 is 19.1 Å². The number of methoxy groups -OCH3 is 2. The van der Waals surface area contributed by atoms with Crippen LogP contribution in [0, 0.1) is 17.0 Å². The van der Waals surface area contributed by atoms with Gasteiger partial charge in [-0.25, -0.2) is 8.42 Å². The molecule has 3 aromatic carbocycles. The van der Waals surface area contributed by atoms with Gasteiger partial charge in [-0.1, -0.05) is 25.1 Å². The second-order valence-electron chi connectivity index (χ2n) is 10.4. The summed E-state index contributed by atoms with van der Waals surface area (Å²) in [6.45, 7) is 6.21. The van der Waals surface area contributed by atoms with Gasteiger partial charge in [-0.05, 0) is 75.2 Å². The Labute approximate surface area is 257 Å². The van der Waals surface area contributed by atoms with Gasteiger partial charge in [0.2, 0.25) is 11.8 Å². The number of carbonyl (C=O) groups is 2. The number of hydrogen-bond donors (Lipinski definition) is 1. The van der Waals surface area contributed by atoms with Crippen LogP contribution in [0.25, 0.3) is 0 Å². The predicted octanol–water partition coefficient (Wildman–Crippen LogP) is 4.45. The minimum atomic E-state index is -4.51. The highest BCUT2D eigenvalue weighted by atomic mass is 32.2. The maximum atomic E-state index is 14.2. The minimum Gasteiger partial charge on any atom is -0.497 e. The van der Waals surface area contributed by atoms with Crippen LogP contribution in [0.2, 0.25) is 0 Å². The Balaban J connectivity index is 2.12. The van der Waals surface area contributed by atoms with Crippen molar-refractivity contribution < 1.29 is 32.4 Å². The molecule has 2 amide bonds. The van der Waals surface area contributed by atoms with Crippen LogP contribution >= 0.6 is 0 Å². The normalized spacial score (nSPS) is 11.9. The lowest BCUT2D eigenvalue weighted by Crippen LogP contribution is -2.53. The number of amides is 2. The summed E-state index contributed by atoms with van der Waals surface area (Å²) in [6, 6.07) is 15.5. The number of benzene rings is 3. The van der Waals surface area contributed by atoms with Gasteiger partial charge in [0.1, 0.15) is 24.1 Å². The van der Waals surface area contributed by atoms with Gasteiger partial charge in [0, 0.05) is 24.2 Å². The standard InChI is InChI=1S/C31H38N4O8S/c1-7-28(31(37)32-21(2)3)33(19-23-9-13-25(42-5)14-10-23)30(36)20-34(24-11-15-26(43-6)16-12-24)44(40,41)27-17-8-22(4)29(18-27)35(38)39/h8-18,21,28H,7,19-20H2,1-6H3,(H,32,37). The summed E-state index contributed by atoms with van der Waals surface area (Å²) in [4.78, 5) is 39.4. The third-order valence-electron chi connectivity index (χ3n) is 6.93. The summed E-state index contributed by atoms with van der Waals surface area (Å²) in [5, 5.41) is 14.5. The molecule has 0 fully saturated rings. The van der Waals surface area contributed by atoms with Gasteiger partial charge < -0.3 is 19.7 Å². The van der Waals surface area contributed by atoms with Crippen molar-refractivity contribution in [1.29, 1.82) is 0 Å². The molecule has 0 aliphatic carbocycles. The van der Waals surface area contributed by atoms with E-state index in [0.717, 1.165) is 10.4 Å². The number of carbonyl (C=O) groups excluding carboxylic acids is 2. The first kappa shape index (κ1) is 33.8. The quantitative estimate of drug-likeness (QED) is 0.204. The Hall–Kier alpha value is -4.65. The number of nitrogens with one attached hydrogen (secondary N) is 1. The maximum absolute atomic E-state index is 14.2. The molecule has 0 saturated carbocycles. The molecule has 1 unspecified atom stereocenters. The third-order valence-corrected chi connectivity index (χ3v) is 8.70. The lowest BCUT2D eigenvalue weighted by atomic mass is 10.1. The Morgan fingerprint density at radius 3 is 2.02 bits per heavy atom. The molecule has 1 N–H and O–H groups in total. The molecule has 0 saturated heterocycles. The van der Waals surface area contributed by atoms with Crippen molar-refractivity contribution in [2.75, 3.05) is 25.1 Å². The van der Waals surface area contributed by atoms with Crippen molar-refractivity contribution in [3.05, 3.63) is 88.0 Å². The predicted molar refractivity (Wildman–Crippen MR) is 166 cm³/mol. The van der Waals surface area contributed by atoms with E-state index in [0.29, 0.717) is 17.1 Å². The lowest BCUT2D eigenvalue weighted by molar-refractivity contribution is -0.385. The zero-order valence-corrected chi connectivity index (χ0v) is 26.5. The fraction of sp³-hybridized carbons (Fsp3) is 0.355. The summed E-state index contributed by atoms with van der Waals surface area (Å²) < 4.78 is 39.5. The van der Waals surface area contributed by atoms with Crippen LogP contribution in [0.15, 0.2) is 71.6 Å². The van der Waals surface area contributed by atoms with Gasteiger partial charge in [0.05, 0.1) is 29.7 Å². The summed E-state index contributed by atoms with van der Waals surface area (Å²) in [7, 11) is -1.51. The van der Waals surface area contributed by atoms with Crippen molar-refractivity contribution in [3.63, 3.8) is 0 Å². The third kappa shape index (κ3) is 8.04. The van der Waals surface area contributed by atoms with Gasteiger partial charge in [-0.2, -0.15) is 0 Å². The number of sulfonamides is 1. The zero-order valence-electron chi connectivity index (χ0n) is 25.6. The Bertz CT molecular complexity index is 1580. The monoisotopic (exact) mass is 626 g/mol. The van der Waals surface area contributed by atoms with Crippen LogP contribution in [0.5, 0.6) is 11.5 Å². The van der Waals surface area contributed by atoms with E-state index in [2.05, 4.69) is 5.32 Å². The Kier molecular flexibility index (Phi) is 11.3.